The smallest absolute Gasteiger partial charge is 0.308 e. The molecule has 0 amide bonds. The lowest BCUT2D eigenvalue weighted by atomic mass is 10.1. The lowest BCUT2D eigenvalue weighted by Gasteiger charge is -2.07. The Morgan fingerprint density at radius 1 is 1.50 bits per heavy atom. The normalized spacial score (nSPS) is 12.6. The van der Waals surface area contributed by atoms with E-state index >= 15 is 0 Å². The monoisotopic (exact) mass is 226 g/mol. The molecule has 0 aliphatic heterocycles. The summed E-state index contributed by atoms with van der Waals surface area (Å²) in [5.41, 5.74) is 0. The number of rotatable bonds is 7. The van der Waals surface area contributed by atoms with Crippen molar-refractivity contribution in [2.24, 2.45) is 5.92 Å². The van der Waals surface area contributed by atoms with Crippen LogP contribution in [0, 0.1) is 5.92 Å². The number of carbonyl (C=O) groups is 1. The highest BCUT2D eigenvalue weighted by molar-refractivity contribution is 5.69. The molecule has 1 rings (SSSR count). The van der Waals surface area contributed by atoms with Gasteiger partial charge in [0.05, 0.1) is 12.5 Å². The number of tetrazole rings is 1. The molecular formula is C10H18N4O2. The highest BCUT2D eigenvalue weighted by Gasteiger charge is 2.15. The van der Waals surface area contributed by atoms with E-state index < -0.39 is 11.9 Å². The molecule has 1 unspecified atom stereocenters. The predicted molar refractivity (Wildman–Crippen MR) is 57.8 cm³/mol. The molecule has 0 saturated carbocycles. The highest BCUT2D eigenvalue weighted by Crippen LogP contribution is 2.05. The average molecular weight is 226 g/mol. The van der Waals surface area contributed by atoms with Gasteiger partial charge in [-0.25, -0.2) is 4.68 Å². The van der Waals surface area contributed by atoms with E-state index in [0.717, 1.165) is 31.5 Å². The standard InChI is InChI=1S/C10H18N4O2/c1-3-4-5-6-9-11-12-13-14(9)7-8(2)10(15)16/h8H,3-7H2,1-2H3,(H,15,16). The molecule has 0 bridgehead atoms. The molecule has 6 heteroatoms. The SMILES string of the molecule is CCCCCc1nnnn1CC(C)C(=O)O. The van der Waals surface area contributed by atoms with E-state index in [1.807, 2.05) is 0 Å². The average Bonchev–Trinajstić information content (AvgIpc) is 2.66. The molecule has 0 spiro atoms. The zero-order chi connectivity index (χ0) is 12.0. The molecule has 6 nitrogen and oxygen atoms in total. The fourth-order valence-corrected chi connectivity index (χ4v) is 1.41. The summed E-state index contributed by atoms with van der Waals surface area (Å²) in [5.74, 6) is -0.509. The van der Waals surface area contributed by atoms with Crippen molar-refractivity contribution in [2.75, 3.05) is 0 Å². The molecule has 90 valence electrons. The van der Waals surface area contributed by atoms with Gasteiger partial charge < -0.3 is 5.11 Å². The second-order valence-electron chi connectivity index (χ2n) is 3.97. The second kappa shape index (κ2) is 6.19. The largest absolute Gasteiger partial charge is 0.481 e. The van der Waals surface area contributed by atoms with Gasteiger partial charge in [0.1, 0.15) is 0 Å². The Labute approximate surface area is 94.7 Å². The minimum Gasteiger partial charge on any atom is -0.481 e. The zero-order valence-electron chi connectivity index (χ0n) is 9.76. The number of carboxylic acid groups (broad SMARTS) is 1. The quantitative estimate of drug-likeness (QED) is 0.705. The van der Waals surface area contributed by atoms with Gasteiger partial charge in [-0.05, 0) is 16.8 Å². The van der Waals surface area contributed by atoms with Gasteiger partial charge in [-0.3, -0.25) is 4.79 Å². The Bertz CT molecular complexity index is 337. The molecule has 1 heterocycles. The van der Waals surface area contributed by atoms with Crippen molar-refractivity contribution in [2.45, 2.75) is 46.1 Å². The number of aromatic nitrogens is 4. The van der Waals surface area contributed by atoms with Crippen LogP contribution in [-0.2, 0) is 17.8 Å². The first kappa shape index (κ1) is 12.6. The summed E-state index contributed by atoms with van der Waals surface area (Å²) < 4.78 is 1.59. The summed E-state index contributed by atoms with van der Waals surface area (Å²) in [6.07, 6.45) is 4.14. The van der Waals surface area contributed by atoms with Crippen LogP contribution in [0.15, 0.2) is 0 Å². The van der Waals surface area contributed by atoms with Crippen molar-refractivity contribution < 1.29 is 9.90 Å². The van der Waals surface area contributed by atoms with E-state index in [1.165, 1.54) is 0 Å². The van der Waals surface area contributed by atoms with Crippen molar-refractivity contribution in [3.63, 3.8) is 0 Å². The molecule has 0 fully saturated rings. The number of hydrogen-bond acceptors (Lipinski definition) is 4. The van der Waals surface area contributed by atoms with Crippen molar-refractivity contribution >= 4 is 5.97 Å². The maximum Gasteiger partial charge on any atom is 0.308 e. The highest BCUT2D eigenvalue weighted by atomic mass is 16.4. The maximum atomic E-state index is 10.7. The van der Waals surface area contributed by atoms with Crippen molar-refractivity contribution in [1.29, 1.82) is 0 Å². The molecule has 0 aliphatic carbocycles. The van der Waals surface area contributed by atoms with Crippen LogP contribution in [0.3, 0.4) is 0 Å². The number of nitrogens with zero attached hydrogens (tertiary/aromatic N) is 4. The number of aryl methyl sites for hydroxylation is 1. The summed E-state index contributed by atoms with van der Waals surface area (Å²) in [5, 5.41) is 20.1. The number of carboxylic acids is 1. The number of unbranched alkanes of at least 4 members (excludes halogenated alkanes) is 2. The van der Waals surface area contributed by atoms with E-state index in [4.69, 9.17) is 5.11 Å². The third-order valence-corrected chi connectivity index (χ3v) is 2.48. The molecule has 0 radical (unpaired) electrons. The third-order valence-electron chi connectivity index (χ3n) is 2.48. The first-order valence-corrected chi connectivity index (χ1v) is 5.63. The van der Waals surface area contributed by atoms with Gasteiger partial charge in [-0.1, -0.05) is 26.7 Å². The molecule has 0 saturated heterocycles. The van der Waals surface area contributed by atoms with E-state index in [0.29, 0.717) is 6.54 Å². The minimum absolute atomic E-state index is 0.337. The summed E-state index contributed by atoms with van der Waals surface area (Å²) in [6, 6.07) is 0. The molecule has 1 N–H and O–H groups in total. The van der Waals surface area contributed by atoms with Crippen LogP contribution in [0.2, 0.25) is 0 Å². The van der Waals surface area contributed by atoms with Crippen molar-refractivity contribution in [1.82, 2.24) is 20.2 Å². The van der Waals surface area contributed by atoms with E-state index in [-0.39, 0.29) is 0 Å². The fourth-order valence-electron chi connectivity index (χ4n) is 1.41. The first-order valence-electron chi connectivity index (χ1n) is 5.63. The van der Waals surface area contributed by atoms with Crippen LogP contribution in [0.1, 0.15) is 38.9 Å². The van der Waals surface area contributed by atoms with Gasteiger partial charge in [0.15, 0.2) is 5.82 Å². The van der Waals surface area contributed by atoms with E-state index in [1.54, 1.807) is 11.6 Å². The maximum absolute atomic E-state index is 10.7. The fraction of sp³-hybridized carbons (Fsp3) is 0.800. The van der Waals surface area contributed by atoms with Gasteiger partial charge in [0, 0.05) is 6.42 Å². The molecule has 0 aromatic carbocycles. The van der Waals surface area contributed by atoms with Crippen molar-refractivity contribution in [3.05, 3.63) is 5.82 Å². The summed E-state index contributed by atoms with van der Waals surface area (Å²) in [7, 11) is 0. The molecule has 16 heavy (non-hydrogen) atoms. The predicted octanol–water partition coefficient (Wildman–Crippen LogP) is 1.13. The first-order chi connectivity index (χ1) is 7.65. The van der Waals surface area contributed by atoms with Crippen LogP contribution in [0.5, 0.6) is 0 Å². The lowest BCUT2D eigenvalue weighted by molar-refractivity contribution is -0.141. The Hall–Kier alpha value is -1.46. The van der Waals surface area contributed by atoms with Crippen LogP contribution in [0.25, 0.3) is 0 Å². The number of aliphatic carboxylic acids is 1. The third kappa shape index (κ3) is 3.60. The topological polar surface area (TPSA) is 80.9 Å². The summed E-state index contributed by atoms with van der Waals surface area (Å²) >= 11 is 0. The van der Waals surface area contributed by atoms with Gasteiger partial charge in [-0.2, -0.15) is 0 Å². The van der Waals surface area contributed by atoms with Crippen LogP contribution >= 0.6 is 0 Å². The summed E-state index contributed by atoms with van der Waals surface area (Å²) in [6.45, 7) is 4.12. The van der Waals surface area contributed by atoms with Gasteiger partial charge in [-0.15, -0.1) is 5.10 Å². The number of hydrogen-bond donors (Lipinski definition) is 1. The van der Waals surface area contributed by atoms with Gasteiger partial charge in [0.25, 0.3) is 0 Å². The Morgan fingerprint density at radius 2 is 2.25 bits per heavy atom. The Morgan fingerprint density at radius 3 is 2.88 bits per heavy atom. The summed E-state index contributed by atoms with van der Waals surface area (Å²) in [4.78, 5) is 10.7. The molecule has 0 aliphatic rings. The van der Waals surface area contributed by atoms with Crippen molar-refractivity contribution in [3.8, 4) is 0 Å². The second-order valence-corrected chi connectivity index (χ2v) is 3.97. The van der Waals surface area contributed by atoms with E-state index in [9.17, 15) is 4.79 Å². The van der Waals surface area contributed by atoms with Gasteiger partial charge in [0.2, 0.25) is 0 Å². The van der Waals surface area contributed by atoms with Crippen LogP contribution in [0.4, 0.5) is 0 Å². The molecule has 1 atom stereocenters. The van der Waals surface area contributed by atoms with Gasteiger partial charge >= 0.3 is 5.97 Å². The molecule has 1 aromatic heterocycles. The van der Waals surface area contributed by atoms with Crippen LogP contribution < -0.4 is 0 Å². The van der Waals surface area contributed by atoms with Crippen LogP contribution in [-0.4, -0.2) is 31.3 Å². The molecule has 1 aromatic rings. The van der Waals surface area contributed by atoms with E-state index in [2.05, 4.69) is 22.4 Å². The minimum atomic E-state index is -0.824. The Kier molecular flexibility index (Phi) is 4.88. The lowest BCUT2D eigenvalue weighted by Crippen LogP contribution is -2.19. The zero-order valence-corrected chi connectivity index (χ0v) is 9.76. The Balaban J connectivity index is 2.53. The molecular weight excluding hydrogens is 208 g/mol.